The van der Waals surface area contributed by atoms with E-state index in [0.717, 1.165) is 0 Å². The summed E-state index contributed by atoms with van der Waals surface area (Å²) in [6, 6.07) is -1.04. The summed E-state index contributed by atoms with van der Waals surface area (Å²) in [6.45, 7) is 1.13. The smallest absolute Gasteiger partial charge is 0.303 e. The fraction of sp³-hybridized carbons (Fsp3) is 0.889. The molecule has 0 spiro atoms. The summed E-state index contributed by atoms with van der Waals surface area (Å²) in [6.07, 6.45) is -4.63. The van der Waals surface area contributed by atoms with Crippen LogP contribution in [0.1, 0.15) is 13.3 Å². The quantitative estimate of drug-likeness (QED) is 0.309. The molecule has 7 N–H and O–H groups in total. The molecule has 1 rings (SSSR count). The SMILES string of the molecule is CCC(=O)O.N[C@@H]1[C@@H](O)[C@H](O)[C@@H](CO)O[C@H]1O. The van der Waals surface area contributed by atoms with Crippen molar-refractivity contribution in [3.63, 3.8) is 0 Å². The van der Waals surface area contributed by atoms with Crippen molar-refractivity contribution in [2.24, 2.45) is 5.73 Å². The highest BCUT2D eigenvalue weighted by molar-refractivity contribution is 5.66. The third kappa shape index (κ3) is 4.94. The molecule has 0 radical (unpaired) electrons. The van der Waals surface area contributed by atoms with E-state index in [-0.39, 0.29) is 6.42 Å². The van der Waals surface area contributed by atoms with Gasteiger partial charge >= 0.3 is 5.97 Å². The zero-order valence-corrected chi connectivity index (χ0v) is 9.43. The van der Waals surface area contributed by atoms with Gasteiger partial charge in [0.15, 0.2) is 6.29 Å². The molecule has 0 amide bonds. The van der Waals surface area contributed by atoms with Crippen molar-refractivity contribution in [2.75, 3.05) is 6.61 Å². The molecule has 0 bridgehead atoms. The number of carboxylic acid groups (broad SMARTS) is 1. The van der Waals surface area contributed by atoms with Gasteiger partial charge in [-0.05, 0) is 0 Å². The average Bonchev–Trinajstić information content (AvgIpc) is 2.31. The lowest BCUT2D eigenvalue weighted by atomic mass is 9.98. The van der Waals surface area contributed by atoms with Gasteiger partial charge < -0.3 is 36.0 Å². The third-order valence-corrected chi connectivity index (χ3v) is 2.25. The molecule has 0 unspecified atom stereocenters. The average molecular weight is 253 g/mol. The Balaban J connectivity index is 0.000000437. The monoisotopic (exact) mass is 253 g/mol. The normalized spacial score (nSPS) is 36.9. The van der Waals surface area contributed by atoms with Crippen molar-refractivity contribution in [3.8, 4) is 0 Å². The molecule has 5 atom stereocenters. The first-order valence-electron chi connectivity index (χ1n) is 5.13. The first-order valence-corrected chi connectivity index (χ1v) is 5.13. The maximum Gasteiger partial charge on any atom is 0.303 e. The number of nitrogens with two attached hydrogens (primary N) is 1. The molecule has 0 aromatic rings. The van der Waals surface area contributed by atoms with Gasteiger partial charge in [0.05, 0.1) is 12.6 Å². The Morgan fingerprint density at radius 3 is 2.12 bits per heavy atom. The van der Waals surface area contributed by atoms with Crippen molar-refractivity contribution >= 4 is 5.97 Å². The molecular weight excluding hydrogens is 234 g/mol. The van der Waals surface area contributed by atoms with Gasteiger partial charge in [-0.1, -0.05) is 6.92 Å². The van der Waals surface area contributed by atoms with Crippen LogP contribution in [0.25, 0.3) is 0 Å². The minimum atomic E-state index is -1.35. The molecule has 0 aromatic heterocycles. The van der Waals surface area contributed by atoms with Gasteiger partial charge in [-0.2, -0.15) is 0 Å². The zero-order chi connectivity index (χ0) is 13.6. The number of aliphatic carboxylic acids is 1. The Bertz CT molecular complexity index is 233. The van der Waals surface area contributed by atoms with Gasteiger partial charge in [0.2, 0.25) is 0 Å². The lowest BCUT2D eigenvalue weighted by Crippen LogP contribution is -2.61. The Labute approximate surface area is 98.2 Å². The predicted octanol–water partition coefficient (Wildman–Crippen LogP) is -2.77. The van der Waals surface area contributed by atoms with E-state index in [1.165, 1.54) is 0 Å². The van der Waals surface area contributed by atoms with Crippen molar-refractivity contribution in [1.29, 1.82) is 0 Å². The zero-order valence-electron chi connectivity index (χ0n) is 9.43. The summed E-state index contributed by atoms with van der Waals surface area (Å²) < 4.78 is 4.70. The number of rotatable bonds is 2. The first-order chi connectivity index (χ1) is 7.84. The van der Waals surface area contributed by atoms with Crippen LogP contribution < -0.4 is 5.73 Å². The summed E-state index contributed by atoms with van der Waals surface area (Å²) in [5.74, 6) is -0.745. The van der Waals surface area contributed by atoms with Crippen LogP contribution in [0, 0.1) is 0 Å². The Kier molecular flexibility index (Phi) is 7.19. The number of aliphatic hydroxyl groups excluding tert-OH is 4. The molecular formula is C9H19NO7. The highest BCUT2D eigenvalue weighted by Gasteiger charge is 2.41. The second-order valence-electron chi connectivity index (χ2n) is 3.55. The highest BCUT2D eigenvalue weighted by Crippen LogP contribution is 2.17. The van der Waals surface area contributed by atoms with Crippen LogP contribution in [0.3, 0.4) is 0 Å². The summed E-state index contributed by atoms with van der Waals surface area (Å²) in [4.78, 5) is 9.37. The maximum absolute atomic E-state index is 9.37. The van der Waals surface area contributed by atoms with Crippen molar-refractivity contribution in [3.05, 3.63) is 0 Å². The molecule has 0 aromatic carbocycles. The van der Waals surface area contributed by atoms with Gasteiger partial charge in [0.25, 0.3) is 0 Å². The summed E-state index contributed by atoms with van der Waals surface area (Å²) in [5, 5.41) is 43.8. The highest BCUT2D eigenvalue weighted by atomic mass is 16.6. The number of aliphatic hydroxyl groups is 4. The van der Waals surface area contributed by atoms with Crippen LogP contribution >= 0.6 is 0 Å². The molecule has 8 heteroatoms. The third-order valence-electron chi connectivity index (χ3n) is 2.25. The standard InChI is InChI=1S/C6H13NO5.C3H6O2/c7-3-5(10)4(9)2(1-8)12-6(3)11;1-2-3(4)5/h2-6,8-11H,1,7H2;2H2,1H3,(H,4,5)/t2-,3-,4-,5-,6-;/m1./s1. The van der Waals surface area contributed by atoms with E-state index in [1.807, 2.05) is 0 Å². The first kappa shape index (κ1) is 16.2. The fourth-order valence-electron chi connectivity index (χ4n) is 1.12. The summed E-state index contributed by atoms with van der Waals surface area (Å²) in [7, 11) is 0. The number of hydrogen-bond donors (Lipinski definition) is 6. The van der Waals surface area contributed by atoms with Gasteiger partial charge in [0, 0.05) is 6.42 Å². The molecule has 1 aliphatic heterocycles. The lowest BCUT2D eigenvalue weighted by Gasteiger charge is -2.38. The molecule has 1 aliphatic rings. The van der Waals surface area contributed by atoms with Crippen LogP contribution in [0.4, 0.5) is 0 Å². The van der Waals surface area contributed by atoms with Gasteiger partial charge in [-0.25, -0.2) is 0 Å². The lowest BCUT2D eigenvalue weighted by molar-refractivity contribution is -0.248. The fourth-order valence-corrected chi connectivity index (χ4v) is 1.12. The van der Waals surface area contributed by atoms with Crippen LogP contribution in [-0.2, 0) is 9.53 Å². The molecule has 8 nitrogen and oxygen atoms in total. The van der Waals surface area contributed by atoms with E-state index in [0.29, 0.717) is 0 Å². The van der Waals surface area contributed by atoms with E-state index < -0.39 is 43.2 Å². The van der Waals surface area contributed by atoms with E-state index in [1.54, 1.807) is 6.92 Å². The number of ether oxygens (including phenoxy) is 1. The van der Waals surface area contributed by atoms with Crippen LogP contribution in [-0.4, -0.2) is 68.8 Å². The molecule has 0 aliphatic carbocycles. The van der Waals surface area contributed by atoms with Gasteiger partial charge in [0.1, 0.15) is 18.3 Å². The van der Waals surface area contributed by atoms with Crippen molar-refractivity contribution in [2.45, 2.75) is 44.0 Å². The number of carbonyl (C=O) groups is 1. The number of carboxylic acids is 1. The Hall–Kier alpha value is -0.770. The van der Waals surface area contributed by atoms with Crippen LogP contribution in [0.5, 0.6) is 0 Å². The summed E-state index contributed by atoms with van der Waals surface area (Å²) >= 11 is 0. The van der Waals surface area contributed by atoms with Crippen molar-refractivity contribution < 1.29 is 35.1 Å². The largest absolute Gasteiger partial charge is 0.481 e. The summed E-state index contributed by atoms with van der Waals surface area (Å²) in [5.41, 5.74) is 5.26. The molecule has 0 saturated carbocycles. The van der Waals surface area contributed by atoms with Gasteiger partial charge in [-0.3, -0.25) is 4.79 Å². The molecule has 1 fully saturated rings. The second-order valence-corrected chi connectivity index (χ2v) is 3.55. The predicted molar refractivity (Wildman–Crippen MR) is 55.9 cm³/mol. The topological polar surface area (TPSA) is 153 Å². The minimum absolute atomic E-state index is 0.222. The van der Waals surface area contributed by atoms with E-state index >= 15 is 0 Å². The van der Waals surface area contributed by atoms with E-state index in [4.69, 9.17) is 25.8 Å². The Morgan fingerprint density at radius 2 is 1.76 bits per heavy atom. The van der Waals surface area contributed by atoms with E-state index in [2.05, 4.69) is 0 Å². The Morgan fingerprint density at radius 1 is 1.29 bits per heavy atom. The second kappa shape index (κ2) is 7.54. The number of hydrogen-bond acceptors (Lipinski definition) is 7. The van der Waals surface area contributed by atoms with Gasteiger partial charge in [-0.15, -0.1) is 0 Å². The minimum Gasteiger partial charge on any atom is -0.481 e. The van der Waals surface area contributed by atoms with E-state index in [9.17, 15) is 15.0 Å². The molecule has 1 heterocycles. The van der Waals surface area contributed by atoms with Crippen LogP contribution in [0.15, 0.2) is 0 Å². The molecule has 1 saturated heterocycles. The maximum atomic E-state index is 9.37. The molecule has 17 heavy (non-hydrogen) atoms. The van der Waals surface area contributed by atoms with Crippen molar-refractivity contribution in [1.82, 2.24) is 0 Å². The van der Waals surface area contributed by atoms with Crippen LogP contribution in [0.2, 0.25) is 0 Å². The molecule has 102 valence electrons.